The molecule has 3 aromatic carbocycles. The minimum absolute atomic E-state index is 0.0904. The number of carbonyl (C=O) groups is 2. The van der Waals surface area contributed by atoms with Gasteiger partial charge in [0.05, 0.1) is 22.7 Å². The molecule has 1 aromatic heterocycles. The number of aryl methyl sites for hydroxylation is 1. The SMILES string of the molecule is CC(=O)c1cccc(NC(=O)c2cc(C#N)cc(C#Cn3cnc4cc(C)ccc43)c2)c1. The third-order valence-corrected chi connectivity index (χ3v) is 4.87. The van der Waals surface area contributed by atoms with Crippen molar-refractivity contribution in [3.05, 3.63) is 94.8 Å². The van der Waals surface area contributed by atoms with E-state index in [2.05, 4.69) is 28.3 Å². The number of anilines is 1. The van der Waals surface area contributed by atoms with Crippen LogP contribution in [-0.2, 0) is 0 Å². The third-order valence-electron chi connectivity index (χ3n) is 4.87. The average molecular weight is 418 g/mol. The van der Waals surface area contributed by atoms with Crippen molar-refractivity contribution in [1.29, 1.82) is 5.26 Å². The number of imidazole rings is 1. The van der Waals surface area contributed by atoms with E-state index in [0.717, 1.165) is 16.6 Å². The normalized spacial score (nSPS) is 10.2. The van der Waals surface area contributed by atoms with E-state index in [0.29, 0.717) is 27.9 Å². The fourth-order valence-electron chi connectivity index (χ4n) is 3.25. The van der Waals surface area contributed by atoms with E-state index >= 15 is 0 Å². The van der Waals surface area contributed by atoms with Gasteiger partial charge in [-0.25, -0.2) is 4.98 Å². The van der Waals surface area contributed by atoms with Gasteiger partial charge in [0.1, 0.15) is 6.33 Å². The molecule has 0 fully saturated rings. The first-order valence-electron chi connectivity index (χ1n) is 9.86. The second-order valence-electron chi connectivity index (χ2n) is 7.35. The molecule has 0 aliphatic rings. The van der Waals surface area contributed by atoms with E-state index in [9.17, 15) is 14.9 Å². The van der Waals surface area contributed by atoms with Gasteiger partial charge in [0.25, 0.3) is 5.91 Å². The molecule has 0 bridgehead atoms. The van der Waals surface area contributed by atoms with Gasteiger partial charge in [-0.05, 0) is 67.8 Å². The van der Waals surface area contributed by atoms with E-state index in [1.54, 1.807) is 47.3 Å². The zero-order valence-corrected chi connectivity index (χ0v) is 17.5. The van der Waals surface area contributed by atoms with Crippen molar-refractivity contribution in [2.24, 2.45) is 0 Å². The summed E-state index contributed by atoms with van der Waals surface area (Å²) in [5, 5.41) is 12.2. The summed E-state index contributed by atoms with van der Waals surface area (Å²) in [5.74, 6) is 2.52. The molecule has 1 N–H and O–H groups in total. The first-order chi connectivity index (χ1) is 15.4. The second-order valence-corrected chi connectivity index (χ2v) is 7.35. The van der Waals surface area contributed by atoms with Crippen LogP contribution in [0.25, 0.3) is 11.0 Å². The van der Waals surface area contributed by atoms with Crippen LogP contribution in [0.2, 0.25) is 0 Å². The molecule has 4 rings (SSSR count). The van der Waals surface area contributed by atoms with Crippen LogP contribution in [0.15, 0.2) is 67.0 Å². The first kappa shape index (κ1) is 20.6. The van der Waals surface area contributed by atoms with Crippen molar-refractivity contribution in [2.45, 2.75) is 13.8 Å². The summed E-state index contributed by atoms with van der Waals surface area (Å²) in [4.78, 5) is 28.7. The number of carbonyl (C=O) groups excluding carboxylic acids is 2. The topological polar surface area (TPSA) is 87.8 Å². The fourth-order valence-corrected chi connectivity index (χ4v) is 3.25. The molecule has 0 atom stereocenters. The molecule has 6 heteroatoms. The summed E-state index contributed by atoms with van der Waals surface area (Å²) >= 11 is 0. The highest BCUT2D eigenvalue weighted by Gasteiger charge is 2.10. The van der Waals surface area contributed by atoms with Gasteiger partial charge >= 0.3 is 0 Å². The number of rotatable bonds is 3. The lowest BCUT2D eigenvalue weighted by Gasteiger charge is -2.07. The Balaban J connectivity index is 1.64. The Kier molecular flexibility index (Phi) is 5.53. The highest BCUT2D eigenvalue weighted by atomic mass is 16.1. The van der Waals surface area contributed by atoms with Gasteiger partial charge in [-0.1, -0.05) is 18.2 Å². The molecule has 154 valence electrons. The van der Waals surface area contributed by atoms with Gasteiger partial charge in [-0.2, -0.15) is 5.26 Å². The van der Waals surface area contributed by atoms with Crippen molar-refractivity contribution in [2.75, 3.05) is 5.32 Å². The maximum atomic E-state index is 12.8. The third kappa shape index (κ3) is 4.40. The summed E-state index contributed by atoms with van der Waals surface area (Å²) in [6, 6.07) is 22.5. The molecule has 1 amide bonds. The molecule has 4 aromatic rings. The van der Waals surface area contributed by atoms with Gasteiger partial charge in [-0.3, -0.25) is 14.2 Å². The number of nitrogens with zero attached hydrogens (tertiary/aromatic N) is 3. The van der Waals surface area contributed by atoms with Crippen LogP contribution in [0.3, 0.4) is 0 Å². The molecular weight excluding hydrogens is 400 g/mol. The van der Waals surface area contributed by atoms with Crippen LogP contribution in [0, 0.1) is 30.2 Å². The van der Waals surface area contributed by atoms with E-state index in [-0.39, 0.29) is 5.78 Å². The van der Waals surface area contributed by atoms with Crippen LogP contribution in [0.4, 0.5) is 5.69 Å². The Morgan fingerprint density at radius 2 is 1.81 bits per heavy atom. The number of Topliss-reactive ketones (excluding diaryl/α,β-unsaturated/α-hetero) is 1. The van der Waals surface area contributed by atoms with Crippen LogP contribution >= 0.6 is 0 Å². The van der Waals surface area contributed by atoms with Gasteiger partial charge in [0.15, 0.2) is 5.78 Å². The number of hydrogen-bond donors (Lipinski definition) is 1. The maximum absolute atomic E-state index is 12.8. The van der Waals surface area contributed by atoms with Crippen LogP contribution in [0.5, 0.6) is 0 Å². The zero-order chi connectivity index (χ0) is 22.7. The largest absolute Gasteiger partial charge is 0.322 e. The molecule has 0 aliphatic heterocycles. The molecule has 0 saturated carbocycles. The molecule has 6 nitrogen and oxygen atoms in total. The lowest BCUT2D eigenvalue weighted by molar-refractivity contribution is 0.101. The second kappa shape index (κ2) is 8.59. The van der Waals surface area contributed by atoms with Gasteiger partial charge in [-0.15, -0.1) is 0 Å². The van der Waals surface area contributed by atoms with E-state index < -0.39 is 5.91 Å². The lowest BCUT2D eigenvalue weighted by Crippen LogP contribution is -2.12. The number of ketones is 1. The van der Waals surface area contributed by atoms with E-state index in [1.165, 1.54) is 13.0 Å². The summed E-state index contributed by atoms with van der Waals surface area (Å²) in [6.45, 7) is 3.47. The Labute approximate surface area is 185 Å². The van der Waals surface area contributed by atoms with Crippen molar-refractivity contribution >= 4 is 28.4 Å². The molecule has 0 unspecified atom stereocenters. The highest BCUT2D eigenvalue weighted by Crippen LogP contribution is 2.16. The number of amides is 1. The fraction of sp³-hybridized carbons (Fsp3) is 0.0769. The molecule has 1 heterocycles. The number of benzene rings is 3. The Morgan fingerprint density at radius 3 is 2.59 bits per heavy atom. The van der Waals surface area contributed by atoms with Crippen molar-refractivity contribution in [3.8, 4) is 18.0 Å². The number of fused-ring (bicyclic) bond motifs is 1. The number of nitrogens with one attached hydrogen (secondary N) is 1. The number of nitriles is 1. The predicted molar refractivity (Wildman–Crippen MR) is 122 cm³/mol. The van der Waals surface area contributed by atoms with Gasteiger partial charge in [0.2, 0.25) is 0 Å². The maximum Gasteiger partial charge on any atom is 0.255 e. The Morgan fingerprint density at radius 1 is 1.00 bits per heavy atom. The zero-order valence-electron chi connectivity index (χ0n) is 17.5. The standard InChI is InChI=1S/C26H18N4O2/c1-17-6-7-25-24(10-17)28-16-30(25)9-8-19-11-20(15-27)13-22(12-19)26(32)29-23-5-3-4-21(14-23)18(2)31/h3-7,10-14,16H,1-2H3,(H,29,32). The van der Waals surface area contributed by atoms with E-state index in [1.807, 2.05) is 25.1 Å². The Bertz CT molecular complexity index is 1480. The van der Waals surface area contributed by atoms with Crippen molar-refractivity contribution in [3.63, 3.8) is 0 Å². The van der Waals surface area contributed by atoms with Gasteiger partial charge < -0.3 is 5.32 Å². The van der Waals surface area contributed by atoms with Crippen molar-refractivity contribution in [1.82, 2.24) is 9.55 Å². The number of hydrogen-bond acceptors (Lipinski definition) is 4. The van der Waals surface area contributed by atoms with Crippen LogP contribution in [-0.4, -0.2) is 21.2 Å². The molecular formula is C26H18N4O2. The quantitative estimate of drug-likeness (QED) is 0.391. The summed E-state index contributed by atoms with van der Waals surface area (Å²) in [5.41, 5.74) is 4.99. The average Bonchev–Trinajstić information content (AvgIpc) is 3.19. The Hall–Kier alpha value is -4.68. The van der Waals surface area contributed by atoms with Gasteiger partial charge in [0, 0.05) is 28.4 Å². The highest BCUT2D eigenvalue weighted by molar-refractivity contribution is 6.05. The molecule has 0 saturated heterocycles. The molecule has 0 radical (unpaired) electrons. The molecule has 0 aliphatic carbocycles. The minimum atomic E-state index is -0.394. The predicted octanol–water partition coefficient (Wildman–Crippen LogP) is 4.53. The summed E-state index contributed by atoms with van der Waals surface area (Å²) in [7, 11) is 0. The smallest absolute Gasteiger partial charge is 0.255 e. The first-order valence-corrected chi connectivity index (χ1v) is 9.86. The summed E-state index contributed by atoms with van der Waals surface area (Å²) < 4.78 is 1.71. The van der Waals surface area contributed by atoms with E-state index in [4.69, 9.17) is 0 Å². The molecule has 0 spiro atoms. The lowest BCUT2D eigenvalue weighted by atomic mass is 10.1. The summed E-state index contributed by atoms with van der Waals surface area (Å²) in [6.07, 6.45) is 1.64. The number of aromatic nitrogens is 2. The van der Waals surface area contributed by atoms with Crippen LogP contribution < -0.4 is 5.32 Å². The monoisotopic (exact) mass is 418 g/mol. The van der Waals surface area contributed by atoms with Crippen LogP contribution in [0.1, 0.15) is 44.3 Å². The molecule has 32 heavy (non-hydrogen) atoms. The minimum Gasteiger partial charge on any atom is -0.322 e. The van der Waals surface area contributed by atoms with Crippen molar-refractivity contribution < 1.29 is 9.59 Å².